The largest absolute Gasteiger partial charge is 0.289 e. The molecule has 0 saturated carbocycles. The third kappa shape index (κ3) is 2.54. The minimum atomic E-state index is -0.129. The molecule has 0 fully saturated rings. The first-order valence-corrected chi connectivity index (χ1v) is 8.71. The molecule has 26 heavy (non-hydrogen) atoms. The van der Waals surface area contributed by atoms with Crippen LogP contribution in [-0.4, -0.2) is 24.4 Å². The van der Waals surface area contributed by atoms with E-state index in [4.69, 9.17) is 4.98 Å². The van der Waals surface area contributed by atoms with Gasteiger partial charge in [0, 0.05) is 35.5 Å². The number of aryl methyl sites for hydroxylation is 4. The molecular formula is C20H21N5O. The van der Waals surface area contributed by atoms with Crippen LogP contribution in [0.2, 0.25) is 0 Å². The highest BCUT2D eigenvalue weighted by Gasteiger charge is 2.16. The highest BCUT2D eigenvalue weighted by atomic mass is 16.1. The number of H-pyrrole nitrogens is 1. The third-order valence-corrected chi connectivity index (χ3v) is 4.71. The second-order valence-electron chi connectivity index (χ2n) is 6.60. The second-order valence-corrected chi connectivity index (χ2v) is 6.60. The summed E-state index contributed by atoms with van der Waals surface area (Å²) in [6.07, 6.45) is 1.94. The van der Waals surface area contributed by atoms with E-state index >= 15 is 0 Å². The van der Waals surface area contributed by atoms with Gasteiger partial charge in [0.25, 0.3) is 5.56 Å². The van der Waals surface area contributed by atoms with Gasteiger partial charge in [0.15, 0.2) is 5.65 Å². The molecule has 132 valence electrons. The molecule has 3 heterocycles. The number of hydrogen-bond acceptors (Lipinski definition) is 3. The van der Waals surface area contributed by atoms with Gasteiger partial charge in [-0.1, -0.05) is 23.8 Å². The number of nitrogens with zero attached hydrogens (tertiary/aromatic N) is 4. The van der Waals surface area contributed by atoms with Crippen molar-refractivity contribution in [3.8, 4) is 22.5 Å². The zero-order valence-electron chi connectivity index (χ0n) is 15.4. The van der Waals surface area contributed by atoms with Gasteiger partial charge in [0.05, 0.1) is 17.1 Å². The Bertz CT molecular complexity index is 1180. The molecule has 4 aromatic rings. The average molecular weight is 347 g/mol. The maximum Gasteiger partial charge on any atom is 0.273 e. The van der Waals surface area contributed by atoms with Gasteiger partial charge in [-0.2, -0.15) is 5.10 Å². The Morgan fingerprint density at radius 1 is 1.15 bits per heavy atom. The molecule has 0 aliphatic heterocycles. The fourth-order valence-electron chi connectivity index (χ4n) is 3.30. The summed E-state index contributed by atoms with van der Waals surface area (Å²) in [5, 5.41) is 7.67. The van der Waals surface area contributed by atoms with Crippen LogP contribution in [0.5, 0.6) is 0 Å². The van der Waals surface area contributed by atoms with Crippen molar-refractivity contribution in [2.75, 3.05) is 0 Å². The SMILES string of the molecule is CCn1cc(-c2cc(=O)n3[nH]c(-c4cccc(C)c4)c(C)c3n2)c(C)n1. The minimum absolute atomic E-state index is 0.129. The van der Waals surface area contributed by atoms with Gasteiger partial charge in [-0.15, -0.1) is 0 Å². The number of aromatic nitrogens is 5. The molecule has 1 aromatic carbocycles. The highest BCUT2D eigenvalue weighted by Crippen LogP contribution is 2.26. The van der Waals surface area contributed by atoms with Gasteiger partial charge >= 0.3 is 0 Å². The number of fused-ring (bicyclic) bond motifs is 1. The molecule has 0 spiro atoms. The van der Waals surface area contributed by atoms with Gasteiger partial charge < -0.3 is 0 Å². The zero-order chi connectivity index (χ0) is 18.4. The normalized spacial score (nSPS) is 11.4. The van der Waals surface area contributed by atoms with E-state index in [2.05, 4.69) is 29.3 Å². The first-order chi connectivity index (χ1) is 12.5. The van der Waals surface area contributed by atoms with Crippen LogP contribution in [0.25, 0.3) is 28.2 Å². The summed E-state index contributed by atoms with van der Waals surface area (Å²) in [7, 11) is 0. The summed E-state index contributed by atoms with van der Waals surface area (Å²) in [6.45, 7) is 8.79. The van der Waals surface area contributed by atoms with Crippen LogP contribution in [0.15, 0.2) is 41.3 Å². The van der Waals surface area contributed by atoms with Gasteiger partial charge in [-0.25, -0.2) is 9.50 Å². The van der Waals surface area contributed by atoms with Crippen molar-refractivity contribution in [1.29, 1.82) is 0 Å². The third-order valence-electron chi connectivity index (χ3n) is 4.71. The Morgan fingerprint density at radius 3 is 2.65 bits per heavy atom. The van der Waals surface area contributed by atoms with E-state index in [0.717, 1.165) is 34.6 Å². The van der Waals surface area contributed by atoms with E-state index < -0.39 is 0 Å². The Kier molecular flexibility index (Phi) is 3.76. The molecule has 0 bridgehead atoms. The highest BCUT2D eigenvalue weighted by molar-refractivity contribution is 5.72. The Balaban J connectivity index is 1.94. The lowest BCUT2D eigenvalue weighted by molar-refractivity contribution is 0.653. The van der Waals surface area contributed by atoms with E-state index in [9.17, 15) is 4.79 Å². The summed E-state index contributed by atoms with van der Waals surface area (Å²) < 4.78 is 3.37. The summed E-state index contributed by atoms with van der Waals surface area (Å²) in [5.41, 5.74) is 7.02. The Labute approximate surface area is 151 Å². The molecule has 0 amide bonds. The van der Waals surface area contributed by atoms with Crippen LogP contribution < -0.4 is 5.56 Å². The van der Waals surface area contributed by atoms with E-state index in [0.29, 0.717) is 11.3 Å². The molecule has 6 nitrogen and oxygen atoms in total. The van der Waals surface area contributed by atoms with Crippen LogP contribution in [0.3, 0.4) is 0 Å². The monoisotopic (exact) mass is 347 g/mol. The first kappa shape index (κ1) is 16.3. The Morgan fingerprint density at radius 2 is 1.96 bits per heavy atom. The quantitative estimate of drug-likeness (QED) is 0.617. The topological polar surface area (TPSA) is 68.0 Å². The van der Waals surface area contributed by atoms with Crippen LogP contribution in [0, 0.1) is 20.8 Å². The summed E-state index contributed by atoms with van der Waals surface area (Å²) in [6, 6.07) is 9.76. The molecule has 6 heteroatoms. The maximum atomic E-state index is 12.7. The molecule has 1 N–H and O–H groups in total. The molecule has 0 radical (unpaired) electrons. The molecule has 4 rings (SSSR count). The van der Waals surface area contributed by atoms with Crippen molar-refractivity contribution >= 4 is 5.65 Å². The van der Waals surface area contributed by atoms with E-state index in [1.807, 2.05) is 43.8 Å². The summed E-state index contributed by atoms with van der Waals surface area (Å²) in [4.78, 5) is 17.5. The molecule has 3 aromatic heterocycles. The van der Waals surface area contributed by atoms with Crippen molar-refractivity contribution in [3.63, 3.8) is 0 Å². The number of aromatic amines is 1. The van der Waals surface area contributed by atoms with E-state index in [-0.39, 0.29) is 5.56 Å². The molecule has 0 aliphatic rings. The van der Waals surface area contributed by atoms with Crippen LogP contribution in [-0.2, 0) is 6.54 Å². The van der Waals surface area contributed by atoms with Crippen molar-refractivity contribution in [2.45, 2.75) is 34.2 Å². The fraction of sp³-hybridized carbons (Fsp3) is 0.250. The van der Waals surface area contributed by atoms with Crippen LogP contribution in [0.1, 0.15) is 23.7 Å². The average Bonchev–Trinajstić information content (AvgIpc) is 3.16. The van der Waals surface area contributed by atoms with Gasteiger partial charge in [0.2, 0.25) is 0 Å². The maximum absolute atomic E-state index is 12.7. The van der Waals surface area contributed by atoms with E-state index in [1.54, 1.807) is 6.07 Å². The predicted octanol–water partition coefficient (Wildman–Crippen LogP) is 3.50. The van der Waals surface area contributed by atoms with Crippen LogP contribution >= 0.6 is 0 Å². The van der Waals surface area contributed by atoms with Gasteiger partial charge in [-0.05, 0) is 33.8 Å². The Hall–Kier alpha value is -3.15. The molecular weight excluding hydrogens is 326 g/mol. The standard InChI is InChI=1S/C20H21N5O/c1-5-24-11-16(14(4)22-24)17-10-18(26)25-20(21-17)13(3)19(23-25)15-8-6-7-12(2)9-15/h6-11,23H,5H2,1-4H3. The number of nitrogens with one attached hydrogen (secondary N) is 1. The van der Waals surface area contributed by atoms with E-state index in [1.165, 1.54) is 10.1 Å². The number of benzene rings is 1. The second kappa shape index (κ2) is 5.98. The minimum Gasteiger partial charge on any atom is -0.289 e. The molecule has 0 saturated heterocycles. The van der Waals surface area contributed by atoms with Gasteiger partial charge in [0.1, 0.15) is 0 Å². The summed E-state index contributed by atoms with van der Waals surface area (Å²) in [5.74, 6) is 0. The zero-order valence-corrected chi connectivity index (χ0v) is 15.4. The number of rotatable bonds is 3. The van der Waals surface area contributed by atoms with Gasteiger partial charge in [-0.3, -0.25) is 14.6 Å². The van der Waals surface area contributed by atoms with Crippen molar-refractivity contribution in [3.05, 3.63) is 63.7 Å². The smallest absolute Gasteiger partial charge is 0.273 e. The number of hydrogen-bond donors (Lipinski definition) is 1. The van der Waals surface area contributed by atoms with Crippen molar-refractivity contribution in [2.24, 2.45) is 0 Å². The fourth-order valence-corrected chi connectivity index (χ4v) is 3.30. The lowest BCUT2D eigenvalue weighted by Gasteiger charge is -2.00. The molecule has 0 aliphatic carbocycles. The lowest BCUT2D eigenvalue weighted by atomic mass is 10.1. The van der Waals surface area contributed by atoms with Crippen molar-refractivity contribution < 1.29 is 0 Å². The molecule has 0 unspecified atom stereocenters. The molecule has 0 atom stereocenters. The first-order valence-electron chi connectivity index (χ1n) is 8.71. The summed E-state index contributed by atoms with van der Waals surface area (Å²) >= 11 is 0. The predicted molar refractivity (Wildman–Crippen MR) is 102 cm³/mol. The van der Waals surface area contributed by atoms with Crippen molar-refractivity contribution in [1.82, 2.24) is 24.4 Å². The van der Waals surface area contributed by atoms with Crippen LogP contribution in [0.4, 0.5) is 0 Å². The lowest BCUT2D eigenvalue weighted by Crippen LogP contribution is -2.14.